The normalized spacial score (nSPS) is 21.1. The minimum absolute atomic E-state index is 0.0806. The molecule has 9 heteroatoms. The summed E-state index contributed by atoms with van der Waals surface area (Å²) in [6.07, 6.45) is 2.84. The summed E-state index contributed by atoms with van der Waals surface area (Å²) in [7, 11) is 0.837. The lowest BCUT2D eigenvalue weighted by Gasteiger charge is -2.30. The molecular formula is C16H21F5O3Si. The van der Waals surface area contributed by atoms with Crippen molar-refractivity contribution >= 4 is 9.53 Å². The molecule has 0 amide bonds. The van der Waals surface area contributed by atoms with Crippen LogP contribution >= 0.6 is 0 Å². The molecule has 0 spiro atoms. The highest BCUT2D eigenvalue weighted by Crippen LogP contribution is 2.41. The summed E-state index contributed by atoms with van der Waals surface area (Å²) < 4.78 is 83.5. The standard InChI is InChI=1S/C16H21F5O3Si/c1-22-25(23-2)24-7-6-9-4-3-5-10(8-9)11-12(17)14(19)16(21)15(20)13(11)18/h9-10,25H,3-8H2,1-2H3. The minimum Gasteiger partial charge on any atom is -0.379 e. The van der Waals surface area contributed by atoms with E-state index in [1.807, 2.05) is 0 Å². The van der Waals surface area contributed by atoms with Gasteiger partial charge in [0.15, 0.2) is 23.3 Å². The van der Waals surface area contributed by atoms with Crippen molar-refractivity contribution in [3.05, 3.63) is 34.6 Å². The van der Waals surface area contributed by atoms with Gasteiger partial charge in [-0.25, -0.2) is 22.0 Å². The molecule has 0 aromatic heterocycles. The van der Waals surface area contributed by atoms with Crippen LogP contribution in [0.25, 0.3) is 0 Å². The molecule has 0 radical (unpaired) electrons. The molecule has 2 unspecified atom stereocenters. The molecular weight excluding hydrogens is 363 g/mol. The van der Waals surface area contributed by atoms with Crippen LogP contribution in [0.15, 0.2) is 0 Å². The van der Waals surface area contributed by atoms with E-state index < -0.39 is 50.1 Å². The van der Waals surface area contributed by atoms with Gasteiger partial charge in [0.05, 0.1) is 0 Å². The van der Waals surface area contributed by atoms with Crippen LogP contribution in [-0.4, -0.2) is 30.4 Å². The van der Waals surface area contributed by atoms with Crippen LogP contribution in [0.5, 0.6) is 0 Å². The molecule has 1 saturated carbocycles. The maximum atomic E-state index is 14.0. The van der Waals surface area contributed by atoms with Gasteiger partial charge in [-0.2, -0.15) is 0 Å². The van der Waals surface area contributed by atoms with E-state index in [9.17, 15) is 22.0 Å². The second kappa shape index (κ2) is 9.06. The van der Waals surface area contributed by atoms with Crippen molar-refractivity contribution in [3.8, 4) is 0 Å². The number of hydrogen-bond donors (Lipinski definition) is 0. The summed E-state index contributed by atoms with van der Waals surface area (Å²) in [4.78, 5) is 0. The zero-order chi connectivity index (χ0) is 18.6. The molecule has 1 aliphatic carbocycles. The Kier molecular flexibility index (Phi) is 7.35. The van der Waals surface area contributed by atoms with Crippen molar-refractivity contribution in [2.45, 2.75) is 38.0 Å². The maximum Gasteiger partial charge on any atom is 0.483 e. The predicted molar refractivity (Wildman–Crippen MR) is 82.7 cm³/mol. The van der Waals surface area contributed by atoms with Gasteiger partial charge >= 0.3 is 9.53 Å². The molecule has 142 valence electrons. The highest BCUT2D eigenvalue weighted by atomic mass is 28.3. The molecule has 0 N–H and O–H groups in total. The second-order valence-corrected chi connectivity index (χ2v) is 7.99. The zero-order valence-electron chi connectivity index (χ0n) is 14.1. The molecule has 2 rings (SSSR count). The monoisotopic (exact) mass is 384 g/mol. The first kappa shape index (κ1) is 20.3. The molecule has 0 saturated heterocycles. The van der Waals surface area contributed by atoms with Crippen LogP contribution in [-0.2, 0) is 13.3 Å². The van der Waals surface area contributed by atoms with Gasteiger partial charge in [-0.1, -0.05) is 12.8 Å². The largest absolute Gasteiger partial charge is 0.483 e. The Hall–Kier alpha value is -1.03. The fourth-order valence-electron chi connectivity index (χ4n) is 3.36. The van der Waals surface area contributed by atoms with Gasteiger partial charge in [0.25, 0.3) is 0 Å². The lowest BCUT2D eigenvalue weighted by molar-refractivity contribution is 0.122. The molecule has 25 heavy (non-hydrogen) atoms. The van der Waals surface area contributed by atoms with Crippen LogP contribution in [0.4, 0.5) is 22.0 Å². The molecule has 1 aromatic rings. The number of hydrogen-bond acceptors (Lipinski definition) is 3. The molecule has 1 aliphatic rings. The van der Waals surface area contributed by atoms with Gasteiger partial charge in [0.1, 0.15) is 0 Å². The van der Waals surface area contributed by atoms with Crippen LogP contribution < -0.4 is 0 Å². The summed E-state index contributed by atoms with van der Waals surface area (Å²) in [6, 6.07) is 0. The second-order valence-electron chi connectivity index (χ2n) is 6.13. The zero-order valence-corrected chi connectivity index (χ0v) is 15.2. The third-order valence-corrected chi connectivity index (χ3v) is 5.88. The van der Waals surface area contributed by atoms with Gasteiger partial charge in [0.2, 0.25) is 5.82 Å². The Morgan fingerprint density at radius 2 is 1.44 bits per heavy atom. The summed E-state index contributed by atoms with van der Waals surface area (Å²) in [6.45, 7) is 0.368. The topological polar surface area (TPSA) is 27.7 Å². The van der Waals surface area contributed by atoms with Crippen molar-refractivity contribution in [1.82, 2.24) is 0 Å². The van der Waals surface area contributed by atoms with Crippen molar-refractivity contribution in [1.29, 1.82) is 0 Å². The van der Waals surface area contributed by atoms with E-state index in [1.54, 1.807) is 0 Å². The number of benzene rings is 1. The quantitative estimate of drug-likeness (QED) is 0.307. The summed E-state index contributed by atoms with van der Waals surface area (Å²) in [5.74, 6) is -9.93. The van der Waals surface area contributed by atoms with Gasteiger partial charge in [0, 0.05) is 26.4 Å². The molecule has 2 atom stereocenters. The predicted octanol–water partition coefficient (Wildman–Crippen LogP) is 4.07. The van der Waals surface area contributed by atoms with E-state index in [0.717, 1.165) is 6.42 Å². The van der Waals surface area contributed by atoms with E-state index in [0.29, 0.717) is 32.3 Å². The lowest BCUT2D eigenvalue weighted by atomic mass is 9.76. The van der Waals surface area contributed by atoms with E-state index in [4.69, 9.17) is 13.3 Å². The Bertz CT molecular complexity index is 569. The van der Waals surface area contributed by atoms with Crippen LogP contribution in [0.1, 0.15) is 43.6 Å². The highest BCUT2D eigenvalue weighted by molar-refractivity contribution is 6.36. The Labute approximate surface area is 145 Å². The first-order valence-electron chi connectivity index (χ1n) is 8.09. The first-order valence-corrected chi connectivity index (χ1v) is 9.50. The number of halogens is 5. The molecule has 0 bridgehead atoms. The van der Waals surface area contributed by atoms with E-state index in [-0.39, 0.29) is 5.92 Å². The Morgan fingerprint density at radius 1 is 0.880 bits per heavy atom. The molecule has 0 aliphatic heterocycles. The first-order chi connectivity index (χ1) is 11.9. The molecule has 3 nitrogen and oxygen atoms in total. The van der Waals surface area contributed by atoms with Crippen molar-refractivity contribution in [2.75, 3.05) is 20.8 Å². The van der Waals surface area contributed by atoms with Gasteiger partial charge in [-0.3, -0.25) is 0 Å². The Morgan fingerprint density at radius 3 is 2.00 bits per heavy atom. The van der Waals surface area contributed by atoms with E-state index >= 15 is 0 Å². The fourth-order valence-corrected chi connectivity index (χ4v) is 4.15. The number of rotatable bonds is 7. The minimum atomic E-state index is -2.14. The molecule has 0 heterocycles. The van der Waals surface area contributed by atoms with E-state index in [1.165, 1.54) is 14.2 Å². The third kappa shape index (κ3) is 4.58. The Balaban J connectivity index is 2.07. The van der Waals surface area contributed by atoms with Crippen molar-refractivity contribution in [3.63, 3.8) is 0 Å². The van der Waals surface area contributed by atoms with Crippen molar-refractivity contribution < 1.29 is 35.2 Å². The highest BCUT2D eigenvalue weighted by Gasteiger charge is 2.33. The van der Waals surface area contributed by atoms with E-state index in [2.05, 4.69) is 0 Å². The molecule has 1 fully saturated rings. The maximum absolute atomic E-state index is 14.0. The van der Waals surface area contributed by atoms with Crippen molar-refractivity contribution in [2.24, 2.45) is 5.92 Å². The average Bonchev–Trinajstić information content (AvgIpc) is 2.62. The van der Waals surface area contributed by atoms with Gasteiger partial charge in [-0.05, 0) is 31.1 Å². The van der Waals surface area contributed by atoms with Crippen LogP contribution in [0.3, 0.4) is 0 Å². The van der Waals surface area contributed by atoms with Gasteiger partial charge < -0.3 is 13.3 Å². The third-order valence-electron chi connectivity index (χ3n) is 4.60. The smallest absolute Gasteiger partial charge is 0.379 e. The SMILES string of the molecule is CO[SiH](OC)OCCC1CCCC(c2c(F)c(F)c(F)c(F)c2F)C1. The average molecular weight is 384 g/mol. The van der Waals surface area contributed by atoms with Gasteiger partial charge in [-0.15, -0.1) is 0 Å². The van der Waals surface area contributed by atoms with Crippen LogP contribution in [0.2, 0.25) is 0 Å². The molecule has 1 aromatic carbocycles. The summed E-state index contributed by atoms with van der Waals surface area (Å²) in [5, 5.41) is 0. The van der Waals surface area contributed by atoms with Crippen LogP contribution in [0, 0.1) is 35.0 Å². The lowest BCUT2D eigenvalue weighted by Crippen LogP contribution is -2.26. The summed E-state index contributed by atoms with van der Waals surface area (Å²) in [5.41, 5.74) is -0.692. The fraction of sp³-hybridized carbons (Fsp3) is 0.625. The summed E-state index contributed by atoms with van der Waals surface area (Å²) >= 11 is 0.